The fourth-order valence-electron chi connectivity index (χ4n) is 0.892. The smallest absolute Gasteiger partial charge is 0.250 e. The minimum atomic E-state index is -0.532. The number of carbonyl (C=O) groups excluding carboxylic acids is 1. The molecule has 14 heavy (non-hydrogen) atoms. The summed E-state index contributed by atoms with van der Waals surface area (Å²) in [5.74, 6) is 0.0765. The lowest BCUT2D eigenvalue weighted by atomic mass is 10.1. The maximum absolute atomic E-state index is 10.7. The minimum Gasteiger partial charge on any atom is -0.497 e. The van der Waals surface area contributed by atoms with E-state index in [0.717, 1.165) is 0 Å². The van der Waals surface area contributed by atoms with Crippen LogP contribution in [0.25, 0.3) is 0 Å². The third-order valence-corrected chi connectivity index (χ3v) is 1.52. The van der Waals surface area contributed by atoms with Gasteiger partial charge < -0.3 is 16.2 Å². The molecule has 1 aromatic carbocycles. The van der Waals surface area contributed by atoms with Crippen LogP contribution in [0.5, 0.6) is 5.75 Å². The second-order valence-corrected chi connectivity index (χ2v) is 2.32. The topological polar surface area (TPSA) is 126 Å². The van der Waals surface area contributed by atoms with Crippen molar-refractivity contribution in [1.82, 2.24) is 0 Å². The summed E-state index contributed by atoms with van der Waals surface area (Å²) in [6.07, 6.45) is 0. The third-order valence-electron chi connectivity index (χ3n) is 1.52. The molecular weight excluding hydrogens is 184 g/mol. The third kappa shape index (κ3) is 2.64. The number of anilines is 1. The zero-order chi connectivity index (χ0) is 11.1. The number of rotatable bonds is 2. The first-order valence-corrected chi connectivity index (χ1v) is 3.58. The zero-order valence-electron chi connectivity index (χ0n) is 7.60. The fourth-order valence-corrected chi connectivity index (χ4v) is 0.892. The molecule has 1 amide bonds. The van der Waals surface area contributed by atoms with E-state index in [4.69, 9.17) is 27.0 Å². The Hall–Kier alpha value is -2.29. The molecule has 0 atom stereocenters. The van der Waals surface area contributed by atoms with Gasteiger partial charge in [-0.05, 0) is 12.1 Å². The number of hydrogen-bond acceptors (Lipinski definition) is 5. The lowest BCUT2D eigenvalue weighted by molar-refractivity contribution is 0.100. The number of hydrogen-bond donors (Lipinski definition) is 2. The van der Waals surface area contributed by atoms with Gasteiger partial charge in [-0.3, -0.25) is 4.79 Å². The van der Waals surface area contributed by atoms with E-state index < -0.39 is 5.91 Å². The first kappa shape index (κ1) is 11.7. The number of carbonyl (C=O) groups is 1. The van der Waals surface area contributed by atoms with Crippen molar-refractivity contribution in [2.24, 2.45) is 5.73 Å². The number of methoxy groups -OCH3 is 1. The first-order valence-electron chi connectivity index (χ1n) is 3.58. The molecule has 0 saturated carbocycles. The molecule has 74 valence electrons. The predicted molar refractivity (Wildman–Crippen MR) is 49.4 cm³/mol. The van der Waals surface area contributed by atoms with Gasteiger partial charge in [-0.15, -0.1) is 0 Å². The first-order chi connectivity index (χ1) is 6.65. The number of primary amides is 1. The lowest BCUT2D eigenvalue weighted by Gasteiger charge is -2.03. The van der Waals surface area contributed by atoms with E-state index in [-0.39, 0.29) is 0 Å². The number of ether oxygens (including phenoxy) is 1. The molecule has 0 fully saturated rings. The van der Waals surface area contributed by atoms with E-state index >= 15 is 0 Å². The number of benzene rings is 1. The number of nitrogens with zero attached hydrogens (tertiary/aromatic N) is 2. The summed E-state index contributed by atoms with van der Waals surface area (Å²) < 4.78 is 4.90. The monoisotopic (exact) mass is 194 g/mol. The molecule has 0 unspecified atom stereocenters. The summed E-state index contributed by atoms with van der Waals surface area (Å²) in [6.45, 7) is 0. The van der Waals surface area contributed by atoms with Crippen molar-refractivity contribution in [3.05, 3.63) is 23.8 Å². The Morgan fingerprint density at radius 2 is 2.00 bits per heavy atom. The van der Waals surface area contributed by atoms with Gasteiger partial charge in [-0.1, -0.05) is 0 Å². The van der Waals surface area contributed by atoms with Crippen LogP contribution in [-0.4, -0.2) is 13.0 Å². The molecule has 0 saturated heterocycles. The second kappa shape index (κ2) is 5.37. The largest absolute Gasteiger partial charge is 0.497 e. The molecule has 0 aliphatic heterocycles. The molecular formula is C8H10N4O2. The van der Waals surface area contributed by atoms with Crippen molar-refractivity contribution >= 4 is 11.6 Å². The molecule has 6 nitrogen and oxygen atoms in total. The van der Waals surface area contributed by atoms with Crippen LogP contribution in [0.4, 0.5) is 5.69 Å². The summed E-state index contributed by atoms with van der Waals surface area (Å²) in [4.78, 5) is 10.7. The van der Waals surface area contributed by atoms with Gasteiger partial charge >= 0.3 is 0 Å². The van der Waals surface area contributed by atoms with Gasteiger partial charge in [0.2, 0.25) is 0 Å². The Kier molecular flexibility index (Phi) is 4.49. The van der Waals surface area contributed by atoms with Crippen molar-refractivity contribution in [3.8, 4) is 5.75 Å². The SMILES string of the molecule is COc1ccc(C(N)=O)c(N)c1.N#N. The minimum absolute atomic E-state index is 0.316. The molecule has 0 aromatic heterocycles. The number of nitrogen functional groups attached to an aromatic ring is 1. The normalized spacial score (nSPS) is 8.21. The van der Waals surface area contributed by atoms with Crippen molar-refractivity contribution < 1.29 is 9.53 Å². The standard InChI is InChI=1S/C8H10N2O2.N2/c1-12-5-2-3-6(8(10)11)7(9)4-5;1-2/h2-4H,9H2,1H3,(H2,10,11);. The highest BCUT2D eigenvalue weighted by Crippen LogP contribution is 2.18. The van der Waals surface area contributed by atoms with Crippen LogP contribution in [0.2, 0.25) is 0 Å². The van der Waals surface area contributed by atoms with Gasteiger partial charge in [0.15, 0.2) is 0 Å². The van der Waals surface area contributed by atoms with E-state index in [9.17, 15) is 4.79 Å². The fraction of sp³-hybridized carbons (Fsp3) is 0.125. The molecule has 0 bridgehead atoms. The van der Waals surface area contributed by atoms with Crippen molar-refractivity contribution in [2.75, 3.05) is 12.8 Å². The number of nitrogens with two attached hydrogens (primary N) is 2. The molecule has 0 radical (unpaired) electrons. The molecule has 1 aromatic rings. The summed E-state index contributed by atoms with van der Waals surface area (Å²) >= 11 is 0. The molecule has 0 aliphatic rings. The van der Waals surface area contributed by atoms with Crippen LogP contribution >= 0.6 is 0 Å². The molecule has 6 heteroatoms. The van der Waals surface area contributed by atoms with Gasteiger partial charge in [-0.2, -0.15) is 0 Å². The highest BCUT2D eigenvalue weighted by Gasteiger charge is 2.05. The van der Waals surface area contributed by atoms with E-state index in [1.54, 1.807) is 12.1 Å². The second-order valence-electron chi connectivity index (χ2n) is 2.32. The van der Waals surface area contributed by atoms with Gasteiger partial charge in [0.05, 0.1) is 12.7 Å². The van der Waals surface area contributed by atoms with Crippen molar-refractivity contribution in [3.63, 3.8) is 0 Å². The Morgan fingerprint density at radius 1 is 1.43 bits per heavy atom. The molecule has 4 N–H and O–H groups in total. The lowest BCUT2D eigenvalue weighted by Crippen LogP contribution is -2.13. The highest BCUT2D eigenvalue weighted by atomic mass is 16.5. The quantitative estimate of drug-likeness (QED) is 0.520. The maximum atomic E-state index is 10.7. The van der Waals surface area contributed by atoms with E-state index in [1.165, 1.54) is 13.2 Å². The van der Waals surface area contributed by atoms with Crippen LogP contribution in [0, 0.1) is 10.8 Å². The highest BCUT2D eigenvalue weighted by molar-refractivity contribution is 5.98. The molecule has 0 aliphatic carbocycles. The maximum Gasteiger partial charge on any atom is 0.250 e. The Morgan fingerprint density at radius 3 is 2.36 bits per heavy atom. The Bertz CT molecular complexity index is 348. The van der Waals surface area contributed by atoms with E-state index in [2.05, 4.69) is 0 Å². The van der Waals surface area contributed by atoms with Gasteiger partial charge in [0.1, 0.15) is 5.75 Å². The molecule has 0 heterocycles. The summed E-state index contributed by atoms with van der Waals surface area (Å²) in [5, 5.41) is 12.0. The summed E-state index contributed by atoms with van der Waals surface area (Å²) in [6, 6.07) is 4.73. The molecule has 0 spiro atoms. The van der Waals surface area contributed by atoms with Crippen LogP contribution in [0.1, 0.15) is 10.4 Å². The van der Waals surface area contributed by atoms with Gasteiger partial charge in [-0.25, -0.2) is 0 Å². The van der Waals surface area contributed by atoms with Gasteiger partial charge in [0.25, 0.3) is 5.91 Å². The van der Waals surface area contributed by atoms with E-state index in [1.807, 2.05) is 0 Å². The summed E-state index contributed by atoms with van der Waals surface area (Å²) in [5.41, 5.74) is 11.2. The zero-order valence-corrected chi connectivity index (χ0v) is 7.60. The average molecular weight is 194 g/mol. The van der Waals surface area contributed by atoms with E-state index in [0.29, 0.717) is 17.0 Å². The molecule has 1 rings (SSSR count). The van der Waals surface area contributed by atoms with Crippen LogP contribution in [0.15, 0.2) is 18.2 Å². The van der Waals surface area contributed by atoms with Crippen LogP contribution in [-0.2, 0) is 0 Å². The number of amides is 1. The van der Waals surface area contributed by atoms with Crippen molar-refractivity contribution in [2.45, 2.75) is 0 Å². The van der Waals surface area contributed by atoms with Crippen molar-refractivity contribution in [1.29, 1.82) is 10.8 Å². The van der Waals surface area contributed by atoms with Gasteiger partial charge in [0, 0.05) is 22.5 Å². The Labute approximate surface area is 80.9 Å². The van der Waals surface area contributed by atoms with Crippen LogP contribution < -0.4 is 16.2 Å². The predicted octanol–water partition coefficient (Wildman–Crippen LogP) is 0.406. The Balaban J connectivity index is 0.000000791. The average Bonchev–Trinajstić information content (AvgIpc) is 2.20. The van der Waals surface area contributed by atoms with Crippen LogP contribution in [0.3, 0.4) is 0 Å². The summed E-state index contributed by atoms with van der Waals surface area (Å²) in [7, 11) is 1.53.